The Morgan fingerprint density at radius 2 is 1.65 bits per heavy atom. The van der Waals surface area contributed by atoms with Gasteiger partial charge in [0.05, 0.1) is 0 Å². The summed E-state index contributed by atoms with van der Waals surface area (Å²) >= 11 is 0. The zero-order valence-corrected chi connectivity index (χ0v) is 12.8. The van der Waals surface area contributed by atoms with Crippen LogP contribution in [0.3, 0.4) is 0 Å². The summed E-state index contributed by atoms with van der Waals surface area (Å²) in [5.74, 6) is 2.99. The monoisotopic (exact) mass is 278 g/mol. The molecule has 1 aromatic heterocycles. The van der Waals surface area contributed by atoms with Crippen LogP contribution in [0.2, 0.25) is 0 Å². The molecule has 0 saturated heterocycles. The molecule has 0 aliphatic heterocycles. The normalized spacial score (nSPS) is 14.2. The molecule has 1 aromatic rings. The zero-order valence-electron chi connectivity index (χ0n) is 12.8. The van der Waals surface area contributed by atoms with Crippen LogP contribution in [0.15, 0.2) is 0 Å². The molecule has 6 heteroatoms. The van der Waals surface area contributed by atoms with E-state index >= 15 is 0 Å². The third-order valence-electron chi connectivity index (χ3n) is 3.54. The SMILES string of the molecule is CCNc1nc(NCCC2CC2)nc(N(CC)CC)n1. The number of hydrogen-bond donors (Lipinski definition) is 2. The Morgan fingerprint density at radius 3 is 2.20 bits per heavy atom. The van der Waals surface area contributed by atoms with Crippen molar-refractivity contribution in [2.45, 2.75) is 40.0 Å². The van der Waals surface area contributed by atoms with Crippen LogP contribution in [-0.4, -0.2) is 41.1 Å². The van der Waals surface area contributed by atoms with Gasteiger partial charge in [-0.3, -0.25) is 0 Å². The first-order valence-electron chi connectivity index (χ1n) is 7.75. The van der Waals surface area contributed by atoms with Gasteiger partial charge in [-0.2, -0.15) is 15.0 Å². The summed E-state index contributed by atoms with van der Waals surface area (Å²) < 4.78 is 0. The molecule has 2 N–H and O–H groups in total. The smallest absolute Gasteiger partial charge is 0.231 e. The highest BCUT2D eigenvalue weighted by atomic mass is 15.3. The van der Waals surface area contributed by atoms with Gasteiger partial charge in [0.2, 0.25) is 17.8 Å². The third kappa shape index (κ3) is 4.21. The lowest BCUT2D eigenvalue weighted by Crippen LogP contribution is -2.25. The predicted octanol–water partition coefficient (Wildman–Crippen LogP) is 2.36. The van der Waals surface area contributed by atoms with Crippen molar-refractivity contribution in [1.82, 2.24) is 15.0 Å². The van der Waals surface area contributed by atoms with Crippen LogP contribution in [0.5, 0.6) is 0 Å². The fraction of sp³-hybridized carbons (Fsp3) is 0.786. The van der Waals surface area contributed by atoms with Gasteiger partial charge in [0, 0.05) is 26.2 Å². The minimum Gasteiger partial charge on any atom is -0.354 e. The van der Waals surface area contributed by atoms with Gasteiger partial charge in [0.1, 0.15) is 0 Å². The number of rotatable bonds is 9. The highest BCUT2D eigenvalue weighted by molar-refractivity contribution is 5.43. The maximum atomic E-state index is 4.53. The molecule has 0 amide bonds. The van der Waals surface area contributed by atoms with Crippen molar-refractivity contribution in [3.63, 3.8) is 0 Å². The van der Waals surface area contributed by atoms with Crippen LogP contribution < -0.4 is 15.5 Å². The molecule has 112 valence electrons. The highest BCUT2D eigenvalue weighted by Gasteiger charge is 2.20. The Bertz CT molecular complexity index is 414. The van der Waals surface area contributed by atoms with E-state index in [9.17, 15) is 0 Å². The van der Waals surface area contributed by atoms with Gasteiger partial charge in [-0.05, 0) is 33.1 Å². The van der Waals surface area contributed by atoms with Gasteiger partial charge in [-0.25, -0.2) is 0 Å². The second kappa shape index (κ2) is 7.26. The molecule has 1 aliphatic carbocycles. The summed E-state index contributed by atoms with van der Waals surface area (Å²) in [6.07, 6.45) is 3.97. The molecule has 1 heterocycles. The van der Waals surface area contributed by atoms with Crippen LogP contribution in [0.25, 0.3) is 0 Å². The number of hydrogen-bond acceptors (Lipinski definition) is 6. The molecule has 1 saturated carbocycles. The summed E-state index contributed by atoms with van der Waals surface area (Å²) in [7, 11) is 0. The quantitative estimate of drug-likeness (QED) is 0.723. The van der Waals surface area contributed by atoms with E-state index < -0.39 is 0 Å². The molecule has 0 bridgehead atoms. The minimum atomic E-state index is 0.651. The molecule has 1 aliphatic rings. The van der Waals surface area contributed by atoms with Crippen LogP contribution in [-0.2, 0) is 0 Å². The largest absolute Gasteiger partial charge is 0.354 e. The van der Waals surface area contributed by atoms with Crippen molar-refractivity contribution in [3.05, 3.63) is 0 Å². The standard InChI is InChI=1S/C14H26N6/c1-4-15-12-17-13(16-10-9-11-7-8-11)19-14(18-12)20(5-2)6-3/h11H,4-10H2,1-3H3,(H2,15,16,17,18,19). The average molecular weight is 278 g/mol. The lowest BCUT2D eigenvalue weighted by molar-refractivity contribution is 0.752. The summed E-state index contributed by atoms with van der Waals surface area (Å²) in [4.78, 5) is 15.6. The van der Waals surface area contributed by atoms with Gasteiger partial charge in [-0.1, -0.05) is 12.8 Å². The zero-order chi connectivity index (χ0) is 14.4. The molecule has 0 unspecified atom stereocenters. The van der Waals surface area contributed by atoms with Crippen LogP contribution in [0.1, 0.15) is 40.0 Å². The van der Waals surface area contributed by atoms with Crippen LogP contribution in [0.4, 0.5) is 17.8 Å². The minimum absolute atomic E-state index is 0.651. The van der Waals surface area contributed by atoms with Crippen LogP contribution >= 0.6 is 0 Å². The van der Waals surface area contributed by atoms with E-state index in [1.165, 1.54) is 19.3 Å². The van der Waals surface area contributed by atoms with Crippen LogP contribution in [0, 0.1) is 5.92 Å². The predicted molar refractivity (Wildman–Crippen MR) is 83.4 cm³/mol. The topological polar surface area (TPSA) is 66.0 Å². The second-order valence-corrected chi connectivity index (χ2v) is 5.14. The van der Waals surface area contributed by atoms with E-state index in [2.05, 4.69) is 44.3 Å². The summed E-state index contributed by atoms with van der Waals surface area (Å²) in [6.45, 7) is 9.81. The molecular weight excluding hydrogens is 252 g/mol. The first kappa shape index (κ1) is 14.8. The molecule has 2 rings (SSSR count). The van der Waals surface area contributed by atoms with E-state index in [1.54, 1.807) is 0 Å². The molecule has 0 radical (unpaired) electrons. The van der Waals surface area contributed by atoms with Crippen molar-refractivity contribution < 1.29 is 0 Å². The van der Waals surface area contributed by atoms with Crippen molar-refractivity contribution in [3.8, 4) is 0 Å². The van der Waals surface area contributed by atoms with Gasteiger partial charge in [0.15, 0.2) is 0 Å². The van der Waals surface area contributed by atoms with Gasteiger partial charge in [-0.15, -0.1) is 0 Å². The summed E-state index contributed by atoms with van der Waals surface area (Å²) in [5.41, 5.74) is 0. The Hall–Kier alpha value is -1.59. The number of aromatic nitrogens is 3. The van der Waals surface area contributed by atoms with Crippen molar-refractivity contribution in [1.29, 1.82) is 0 Å². The number of nitrogens with one attached hydrogen (secondary N) is 2. The number of nitrogens with zero attached hydrogens (tertiary/aromatic N) is 4. The van der Waals surface area contributed by atoms with Crippen molar-refractivity contribution in [2.75, 3.05) is 41.7 Å². The molecule has 6 nitrogen and oxygen atoms in total. The Morgan fingerprint density at radius 1 is 1.00 bits per heavy atom. The molecule has 0 atom stereocenters. The molecule has 20 heavy (non-hydrogen) atoms. The summed E-state index contributed by atoms with van der Waals surface area (Å²) in [5, 5.41) is 6.50. The third-order valence-corrected chi connectivity index (χ3v) is 3.54. The number of anilines is 3. The maximum Gasteiger partial charge on any atom is 0.231 e. The first-order chi connectivity index (χ1) is 9.76. The fourth-order valence-corrected chi connectivity index (χ4v) is 2.12. The average Bonchev–Trinajstić information content (AvgIpc) is 3.25. The highest BCUT2D eigenvalue weighted by Crippen LogP contribution is 2.32. The van der Waals surface area contributed by atoms with E-state index in [1.807, 2.05) is 6.92 Å². The molecule has 1 fully saturated rings. The maximum absolute atomic E-state index is 4.53. The first-order valence-corrected chi connectivity index (χ1v) is 7.75. The van der Waals surface area contributed by atoms with E-state index in [-0.39, 0.29) is 0 Å². The Labute approximate surface area is 121 Å². The Kier molecular flexibility index (Phi) is 5.38. The molecule has 0 aromatic carbocycles. The van der Waals surface area contributed by atoms with E-state index in [4.69, 9.17) is 0 Å². The van der Waals surface area contributed by atoms with Crippen molar-refractivity contribution >= 4 is 17.8 Å². The lowest BCUT2D eigenvalue weighted by Gasteiger charge is -2.19. The second-order valence-electron chi connectivity index (χ2n) is 5.14. The van der Waals surface area contributed by atoms with Crippen molar-refractivity contribution in [2.24, 2.45) is 5.92 Å². The Balaban J connectivity index is 2.06. The van der Waals surface area contributed by atoms with Gasteiger partial charge >= 0.3 is 0 Å². The molecule has 0 spiro atoms. The fourth-order valence-electron chi connectivity index (χ4n) is 2.12. The van der Waals surface area contributed by atoms with Gasteiger partial charge < -0.3 is 15.5 Å². The lowest BCUT2D eigenvalue weighted by atomic mass is 10.3. The van der Waals surface area contributed by atoms with E-state index in [0.29, 0.717) is 11.9 Å². The van der Waals surface area contributed by atoms with Gasteiger partial charge in [0.25, 0.3) is 0 Å². The van der Waals surface area contributed by atoms with E-state index in [0.717, 1.165) is 38.0 Å². The molecular formula is C14H26N6. The summed E-state index contributed by atoms with van der Waals surface area (Å²) in [6, 6.07) is 0.